The summed E-state index contributed by atoms with van der Waals surface area (Å²) in [5, 5.41) is 14.1. The van der Waals surface area contributed by atoms with Crippen LogP contribution in [0.4, 0.5) is 0 Å². The molecule has 9 N–H and O–H groups in total. The number of hydrogen-bond acceptors (Lipinski definition) is 6. The van der Waals surface area contributed by atoms with Gasteiger partial charge < -0.3 is 38.1 Å². The first-order chi connectivity index (χ1) is 21.2. The van der Waals surface area contributed by atoms with Gasteiger partial charge in [-0.05, 0) is 42.6 Å². The fourth-order valence-electron chi connectivity index (χ4n) is 5.07. The maximum atomic E-state index is 13.8. The second-order valence-corrected chi connectivity index (χ2v) is 12.6. The van der Waals surface area contributed by atoms with Crippen LogP contribution in [0.15, 0.2) is 35.3 Å². The Balaban J connectivity index is 2.59. The average Bonchev–Trinajstić information content (AvgIpc) is 2.98. The monoisotopic (exact) mass is 628 g/mol. The molecular weight excluding hydrogens is 576 g/mol. The SMILES string of the molecule is CC[C@@H](C)[C@H]1NC(=O)[C@H](CC(C)C)NC(=O)[C@@H](C(C)C)NC(=O)[C@@H](CCCN=C(N)N)NC(=O)[C@H](Cc2ccccc2)NC1=O. The largest absolute Gasteiger partial charge is 0.370 e. The minimum Gasteiger partial charge on any atom is -0.370 e. The van der Waals surface area contributed by atoms with E-state index in [1.807, 2.05) is 58.0 Å². The predicted octanol–water partition coefficient (Wildman–Crippen LogP) is 0.469. The molecule has 1 aromatic rings. The lowest BCUT2D eigenvalue weighted by molar-refractivity contribution is -0.135. The number of guanidine groups is 1. The number of carbonyl (C=O) groups is 5. The molecule has 1 aliphatic rings. The summed E-state index contributed by atoms with van der Waals surface area (Å²) in [4.78, 5) is 72.4. The third-order valence-electron chi connectivity index (χ3n) is 7.87. The fourth-order valence-corrected chi connectivity index (χ4v) is 5.07. The van der Waals surface area contributed by atoms with Crippen molar-refractivity contribution in [2.24, 2.45) is 34.2 Å². The molecule has 13 nitrogen and oxygen atoms in total. The van der Waals surface area contributed by atoms with Crippen LogP contribution in [0.25, 0.3) is 0 Å². The minimum absolute atomic E-state index is 0.0396. The summed E-state index contributed by atoms with van der Waals surface area (Å²) < 4.78 is 0. The summed E-state index contributed by atoms with van der Waals surface area (Å²) in [5.74, 6) is -3.42. The molecule has 6 atom stereocenters. The number of carbonyl (C=O) groups excluding carboxylic acids is 5. The van der Waals surface area contributed by atoms with Crippen LogP contribution in [0.3, 0.4) is 0 Å². The van der Waals surface area contributed by atoms with Gasteiger partial charge in [0, 0.05) is 13.0 Å². The normalized spacial score (nSPS) is 24.4. The van der Waals surface area contributed by atoms with Crippen LogP contribution < -0.4 is 38.1 Å². The number of nitrogens with two attached hydrogens (primary N) is 2. The van der Waals surface area contributed by atoms with Crippen molar-refractivity contribution in [2.75, 3.05) is 6.54 Å². The van der Waals surface area contributed by atoms with Crippen LogP contribution in [-0.4, -0.2) is 72.2 Å². The Morgan fingerprint density at radius 3 is 1.84 bits per heavy atom. The van der Waals surface area contributed by atoms with E-state index in [0.29, 0.717) is 19.3 Å². The van der Waals surface area contributed by atoms with E-state index in [-0.39, 0.29) is 43.1 Å². The molecule has 0 saturated carbocycles. The van der Waals surface area contributed by atoms with Gasteiger partial charge in [0.25, 0.3) is 0 Å². The molecule has 2 rings (SSSR count). The molecule has 1 fully saturated rings. The van der Waals surface area contributed by atoms with E-state index < -0.39 is 59.7 Å². The second-order valence-electron chi connectivity index (χ2n) is 12.6. The first kappa shape index (κ1) is 37.0. The number of nitrogens with one attached hydrogen (secondary N) is 5. The summed E-state index contributed by atoms with van der Waals surface area (Å²) in [6, 6.07) is 4.14. The molecule has 1 aliphatic heterocycles. The van der Waals surface area contributed by atoms with Crippen LogP contribution in [0, 0.1) is 17.8 Å². The Kier molecular flexibility index (Phi) is 14.8. The highest BCUT2D eigenvalue weighted by atomic mass is 16.2. The van der Waals surface area contributed by atoms with Crippen LogP contribution in [0.2, 0.25) is 0 Å². The molecule has 1 aromatic carbocycles. The zero-order valence-corrected chi connectivity index (χ0v) is 27.4. The fraction of sp³-hybridized carbons (Fsp3) is 0.625. The van der Waals surface area contributed by atoms with Gasteiger partial charge in [0.05, 0.1) is 0 Å². The second kappa shape index (κ2) is 18.0. The molecule has 0 radical (unpaired) electrons. The van der Waals surface area contributed by atoms with Gasteiger partial charge in [-0.2, -0.15) is 0 Å². The van der Waals surface area contributed by atoms with E-state index in [1.54, 1.807) is 13.8 Å². The highest BCUT2D eigenvalue weighted by molar-refractivity contribution is 5.98. The summed E-state index contributed by atoms with van der Waals surface area (Å²) in [6.45, 7) is 11.4. The first-order valence-corrected chi connectivity index (χ1v) is 15.8. The topological polar surface area (TPSA) is 210 Å². The molecule has 0 unspecified atom stereocenters. The Hall–Kier alpha value is -4.16. The number of amides is 5. The third-order valence-corrected chi connectivity index (χ3v) is 7.87. The molecule has 13 heteroatoms. The maximum absolute atomic E-state index is 13.8. The smallest absolute Gasteiger partial charge is 0.243 e. The van der Waals surface area contributed by atoms with Gasteiger partial charge in [-0.3, -0.25) is 29.0 Å². The number of aliphatic imine (C=N–C) groups is 1. The van der Waals surface area contributed by atoms with Crippen molar-refractivity contribution in [1.29, 1.82) is 0 Å². The van der Waals surface area contributed by atoms with Crippen LogP contribution >= 0.6 is 0 Å². The molecule has 5 amide bonds. The van der Waals surface area contributed by atoms with E-state index in [0.717, 1.165) is 5.56 Å². The van der Waals surface area contributed by atoms with E-state index >= 15 is 0 Å². The van der Waals surface area contributed by atoms with E-state index in [4.69, 9.17) is 11.5 Å². The van der Waals surface area contributed by atoms with Gasteiger partial charge in [-0.1, -0.05) is 78.3 Å². The van der Waals surface area contributed by atoms with Crippen molar-refractivity contribution in [1.82, 2.24) is 26.6 Å². The van der Waals surface area contributed by atoms with E-state index in [9.17, 15) is 24.0 Å². The van der Waals surface area contributed by atoms with E-state index in [2.05, 4.69) is 31.6 Å². The summed E-state index contributed by atoms with van der Waals surface area (Å²) in [7, 11) is 0. The van der Waals surface area contributed by atoms with E-state index in [1.165, 1.54) is 0 Å². The molecule has 0 bridgehead atoms. The average molecular weight is 629 g/mol. The van der Waals surface area contributed by atoms with Crippen molar-refractivity contribution in [3.8, 4) is 0 Å². The van der Waals surface area contributed by atoms with Gasteiger partial charge >= 0.3 is 0 Å². The quantitative estimate of drug-likeness (QED) is 0.105. The third kappa shape index (κ3) is 12.0. The summed E-state index contributed by atoms with van der Waals surface area (Å²) in [6.07, 6.45) is 1.55. The predicted molar refractivity (Wildman–Crippen MR) is 173 cm³/mol. The number of benzene rings is 1. The molecule has 0 aliphatic carbocycles. The zero-order chi connectivity index (χ0) is 33.7. The lowest BCUT2D eigenvalue weighted by Gasteiger charge is -2.29. The Labute approximate surface area is 266 Å². The standard InChI is InChI=1S/C32H52N8O5/c1-7-20(6)26-31(45)38-24(17-21-12-9-8-10-13-21)28(42)36-22(14-11-15-35-32(33)34)27(41)39-25(19(4)5)30(44)37-23(16-18(2)3)29(43)40-26/h8-10,12-13,18-20,22-26H,7,11,14-17H2,1-6H3,(H,36,42)(H,37,44)(H,38,45)(H,39,41)(H,40,43)(H4,33,34,35)/t20-,22-,23+,24+,25-,26-/m1/s1. The molecule has 45 heavy (non-hydrogen) atoms. The van der Waals surface area contributed by atoms with Crippen molar-refractivity contribution < 1.29 is 24.0 Å². The summed E-state index contributed by atoms with van der Waals surface area (Å²) >= 11 is 0. The molecule has 1 saturated heterocycles. The Bertz CT molecular complexity index is 1190. The molecular formula is C32H52N8O5. The first-order valence-electron chi connectivity index (χ1n) is 15.8. The number of rotatable bonds is 11. The number of nitrogens with zero attached hydrogens (tertiary/aromatic N) is 1. The number of hydrogen-bond donors (Lipinski definition) is 7. The van der Waals surface area contributed by atoms with Gasteiger partial charge in [-0.15, -0.1) is 0 Å². The van der Waals surface area contributed by atoms with Crippen LogP contribution in [0.5, 0.6) is 0 Å². The molecule has 1 heterocycles. The van der Waals surface area contributed by atoms with Crippen molar-refractivity contribution in [2.45, 2.75) is 104 Å². The van der Waals surface area contributed by atoms with Crippen molar-refractivity contribution >= 4 is 35.5 Å². The molecule has 0 aromatic heterocycles. The molecule has 0 spiro atoms. The lowest BCUT2D eigenvalue weighted by atomic mass is 9.95. The molecule has 250 valence electrons. The zero-order valence-electron chi connectivity index (χ0n) is 27.4. The highest BCUT2D eigenvalue weighted by Gasteiger charge is 2.36. The highest BCUT2D eigenvalue weighted by Crippen LogP contribution is 2.14. The Morgan fingerprint density at radius 1 is 0.733 bits per heavy atom. The van der Waals surface area contributed by atoms with Gasteiger partial charge in [0.15, 0.2) is 5.96 Å². The Morgan fingerprint density at radius 2 is 1.27 bits per heavy atom. The van der Waals surface area contributed by atoms with Crippen LogP contribution in [0.1, 0.15) is 72.8 Å². The van der Waals surface area contributed by atoms with Gasteiger partial charge in [0.2, 0.25) is 29.5 Å². The maximum Gasteiger partial charge on any atom is 0.243 e. The summed E-state index contributed by atoms with van der Waals surface area (Å²) in [5.41, 5.74) is 11.7. The van der Waals surface area contributed by atoms with Gasteiger partial charge in [0.1, 0.15) is 30.2 Å². The van der Waals surface area contributed by atoms with Crippen molar-refractivity contribution in [3.05, 3.63) is 35.9 Å². The lowest BCUT2D eigenvalue weighted by Crippen LogP contribution is -2.59. The van der Waals surface area contributed by atoms with Gasteiger partial charge in [-0.25, -0.2) is 0 Å². The van der Waals surface area contributed by atoms with Crippen LogP contribution in [-0.2, 0) is 30.4 Å². The minimum atomic E-state index is -1.06. The van der Waals surface area contributed by atoms with Crippen molar-refractivity contribution in [3.63, 3.8) is 0 Å².